The second-order valence-corrected chi connectivity index (χ2v) is 5.93. The molecule has 111 valence electrons. The van der Waals surface area contributed by atoms with Crippen LogP contribution in [0.15, 0.2) is 18.3 Å². The maximum atomic E-state index is 14.4. The lowest BCUT2D eigenvalue weighted by Crippen LogP contribution is -2.49. The second kappa shape index (κ2) is 5.24. The highest BCUT2D eigenvalue weighted by Gasteiger charge is 2.36. The summed E-state index contributed by atoms with van der Waals surface area (Å²) in [5, 5.41) is 10.3. The third kappa shape index (κ3) is 3.14. The summed E-state index contributed by atoms with van der Waals surface area (Å²) in [4.78, 5) is 7.75. The minimum Gasteiger partial charge on any atom is -0.427 e. The fraction of sp³-hybridized carbons (Fsp3) is 0.429. The Kier molecular flexibility index (Phi) is 3.90. The van der Waals surface area contributed by atoms with E-state index in [0.29, 0.717) is 5.52 Å². The molecule has 1 radical (unpaired) electrons. The van der Waals surface area contributed by atoms with Crippen LogP contribution in [0.3, 0.4) is 0 Å². The Morgan fingerprint density at radius 3 is 2.57 bits per heavy atom. The molecule has 5 nitrogen and oxygen atoms in total. The Morgan fingerprint density at radius 1 is 1.29 bits per heavy atom. The number of halogens is 1. The van der Waals surface area contributed by atoms with Gasteiger partial charge >= 0.3 is 7.48 Å². The zero-order chi connectivity index (χ0) is 15.8. The fourth-order valence-corrected chi connectivity index (χ4v) is 1.55. The molecule has 1 heterocycles. The van der Waals surface area contributed by atoms with Gasteiger partial charge in [-0.15, -0.1) is 0 Å². The van der Waals surface area contributed by atoms with Gasteiger partial charge in [0, 0.05) is 6.20 Å². The van der Waals surface area contributed by atoms with E-state index in [1.54, 1.807) is 39.8 Å². The average molecular weight is 290 g/mol. The molecule has 0 atom stereocenters. The molecule has 0 saturated heterocycles. The minimum atomic E-state index is -1.08. The van der Waals surface area contributed by atoms with E-state index in [1.165, 1.54) is 13.7 Å². The summed E-state index contributed by atoms with van der Waals surface area (Å²) in [6.45, 7) is 6.72. The Balaban J connectivity index is 2.28. The summed E-state index contributed by atoms with van der Waals surface area (Å²) < 4.78 is 19.9. The number of aliphatic hydroxyl groups is 1. The van der Waals surface area contributed by atoms with Gasteiger partial charge in [-0.3, -0.25) is 0 Å². The number of benzene rings is 1. The number of nitrogens with zero attached hydrogens (tertiary/aromatic N) is 2. The number of rotatable bonds is 4. The third-order valence-corrected chi connectivity index (χ3v) is 3.70. The van der Waals surface area contributed by atoms with E-state index in [4.69, 9.17) is 10.4 Å². The zero-order valence-electron chi connectivity index (χ0n) is 12.5. The van der Waals surface area contributed by atoms with Crippen LogP contribution >= 0.6 is 0 Å². The van der Waals surface area contributed by atoms with Gasteiger partial charge in [-0.2, -0.15) is 0 Å². The van der Waals surface area contributed by atoms with Crippen molar-refractivity contribution >= 4 is 29.8 Å². The molecule has 21 heavy (non-hydrogen) atoms. The molecule has 7 heteroatoms. The quantitative estimate of drug-likeness (QED) is 0.826. The second-order valence-electron chi connectivity index (χ2n) is 5.93. The average Bonchev–Trinajstić information content (AvgIpc) is 2.36. The normalized spacial score (nSPS) is 12.7. The number of hydrogen-bond acceptors (Lipinski definition) is 5. The smallest absolute Gasteiger partial charge is 0.333 e. The van der Waals surface area contributed by atoms with Crippen LogP contribution in [0, 0.1) is 5.82 Å². The van der Waals surface area contributed by atoms with Gasteiger partial charge in [0.15, 0.2) is 0 Å². The lowest BCUT2D eigenvalue weighted by Gasteiger charge is -2.37. The summed E-state index contributed by atoms with van der Waals surface area (Å²) in [5.41, 5.74) is 4.21. The molecule has 2 aromatic rings. The first-order valence-electron chi connectivity index (χ1n) is 6.56. The monoisotopic (exact) mass is 290 g/mol. The van der Waals surface area contributed by atoms with Gasteiger partial charge in [0.25, 0.3) is 0 Å². The SMILES string of the molecule is CC(C)(O)C(C)(C)O[B]c1ccc2nc(N)ncc2c1F. The van der Waals surface area contributed by atoms with Crippen molar-refractivity contribution in [3.63, 3.8) is 0 Å². The number of aromatic nitrogens is 2. The lowest BCUT2D eigenvalue weighted by molar-refractivity contribution is -0.0893. The van der Waals surface area contributed by atoms with E-state index in [0.717, 1.165) is 0 Å². The van der Waals surface area contributed by atoms with E-state index in [-0.39, 0.29) is 16.8 Å². The predicted molar refractivity (Wildman–Crippen MR) is 80.8 cm³/mol. The Hall–Kier alpha value is -1.73. The molecule has 3 N–H and O–H groups in total. The molecule has 0 unspecified atom stereocenters. The Bertz CT molecular complexity index is 671. The zero-order valence-corrected chi connectivity index (χ0v) is 12.5. The molecule has 0 bridgehead atoms. The van der Waals surface area contributed by atoms with Crippen LogP contribution in [0.2, 0.25) is 0 Å². The first-order valence-corrected chi connectivity index (χ1v) is 6.56. The molecule has 1 aromatic carbocycles. The van der Waals surface area contributed by atoms with Crippen LogP contribution < -0.4 is 11.2 Å². The van der Waals surface area contributed by atoms with E-state index in [2.05, 4.69) is 9.97 Å². The van der Waals surface area contributed by atoms with E-state index >= 15 is 0 Å². The molecular formula is C14H18BFN3O2. The summed E-state index contributed by atoms with van der Waals surface area (Å²) in [5.74, 6) is -0.392. The van der Waals surface area contributed by atoms with E-state index in [1.807, 2.05) is 0 Å². The summed E-state index contributed by atoms with van der Waals surface area (Å²) >= 11 is 0. The van der Waals surface area contributed by atoms with Crippen LogP contribution in [0.5, 0.6) is 0 Å². The van der Waals surface area contributed by atoms with Crippen molar-refractivity contribution in [2.75, 3.05) is 5.73 Å². The Morgan fingerprint density at radius 2 is 1.95 bits per heavy atom. The van der Waals surface area contributed by atoms with Crippen molar-refractivity contribution in [3.05, 3.63) is 24.1 Å². The predicted octanol–water partition coefficient (Wildman–Crippen LogP) is 1.16. The first-order chi connectivity index (χ1) is 9.62. The summed E-state index contributed by atoms with van der Waals surface area (Å²) in [6.07, 6.45) is 1.34. The highest BCUT2D eigenvalue weighted by atomic mass is 19.1. The van der Waals surface area contributed by atoms with E-state index < -0.39 is 17.0 Å². The summed E-state index contributed by atoms with van der Waals surface area (Å²) in [6, 6.07) is 3.19. The fourth-order valence-electron chi connectivity index (χ4n) is 1.55. The van der Waals surface area contributed by atoms with Crippen molar-refractivity contribution in [2.24, 2.45) is 0 Å². The maximum Gasteiger partial charge on any atom is 0.333 e. The van der Waals surface area contributed by atoms with Gasteiger partial charge in [-0.25, -0.2) is 14.4 Å². The van der Waals surface area contributed by atoms with Crippen molar-refractivity contribution in [1.82, 2.24) is 9.97 Å². The van der Waals surface area contributed by atoms with Gasteiger partial charge in [0.05, 0.1) is 22.1 Å². The topological polar surface area (TPSA) is 81.3 Å². The standard InChI is InChI=1S/C14H18BFN3O2/c1-13(2,20)14(3,4)21-15-9-5-6-10-8(11(9)16)7-18-12(17)19-10/h5-7,20H,1-4H3,(H2,17,18,19). The minimum absolute atomic E-state index is 0.0954. The van der Waals surface area contributed by atoms with Crippen molar-refractivity contribution in [1.29, 1.82) is 0 Å². The highest BCUT2D eigenvalue weighted by Crippen LogP contribution is 2.24. The lowest BCUT2D eigenvalue weighted by atomic mass is 9.82. The molecule has 2 rings (SSSR count). The van der Waals surface area contributed by atoms with Crippen molar-refractivity contribution < 1.29 is 14.2 Å². The first kappa shape index (κ1) is 15.7. The van der Waals surface area contributed by atoms with Gasteiger partial charge < -0.3 is 15.5 Å². The maximum absolute atomic E-state index is 14.4. The molecule has 0 spiro atoms. The molecule has 0 aliphatic rings. The summed E-state index contributed by atoms with van der Waals surface area (Å²) in [7, 11) is 1.29. The Labute approximate surface area is 123 Å². The van der Waals surface area contributed by atoms with Gasteiger partial charge in [-0.05, 0) is 39.2 Å². The van der Waals surface area contributed by atoms with Crippen LogP contribution in [-0.4, -0.2) is 33.8 Å². The van der Waals surface area contributed by atoms with Crippen LogP contribution in [0.4, 0.5) is 10.3 Å². The van der Waals surface area contributed by atoms with Gasteiger partial charge in [0.1, 0.15) is 5.82 Å². The number of nitrogen functional groups attached to an aromatic ring is 1. The highest BCUT2D eigenvalue weighted by molar-refractivity contribution is 6.47. The van der Waals surface area contributed by atoms with Crippen molar-refractivity contribution in [3.8, 4) is 0 Å². The molecule has 1 aromatic heterocycles. The third-order valence-electron chi connectivity index (χ3n) is 3.70. The molecule has 0 fully saturated rings. The van der Waals surface area contributed by atoms with Crippen LogP contribution in [0.25, 0.3) is 10.9 Å². The molecule has 0 amide bonds. The molecule has 0 saturated carbocycles. The number of fused-ring (bicyclic) bond motifs is 1. The largest absolute Gasteiger partial charge is 0.427 e. The van der Waals surface area contributed by atoms with Gasteiger partial charge in [-0.1, -0.05) is 6.07 Å². The van der Waals surface area contributed by atoms with Crippen molar-refractivity contribution in [2.45, 2.75) is 38.9 Å². The number of anilines is 1. The molecule has 0 aliphatic heterocycles. The van der Waals surface area contributed by atoms with Crippen LogP contribution in [-0.2, 0) is 4.65 Å². The number of nitrogens with two attached hydrogens (primary N) is 1. The van der Waals surface area contributed by atoms with Gasteiger partial charge in [0.2, 0.25) is 5.95 Å². The van der Waals surface area contributed by atoms with Crippen LogP contribution in [0.1, 0.15) is 27.7 Å². The molecular weight excluding hydrogens is 272 g/mol. The molecule has 0 aliphatic carbocycles. The van der Waals surface area contributed by atoms with E-state index in [9.17, 15) is 9.50 Å². The number of hydrogen-bond donors (Lipinski definition) is 2.